The number of rotatable bonds is 6. The average molecular weight is 369 g/mol. The molecule has 11 heteroatoms. The molecule has 2 heterocycles. The normalized spacial score (nSPS) is 11.0. The highest BCUT2D eigenvalue weighted by Crippen LogP contribution is 2.19. The molecule has 3 aromatic rings. The molecule has 0 N–H and O–H groups in total. The average Bonchev–Trinajstić information content (AvgIpc) is 3.07. The third-order valence-electron chi connectivity index (χ3n) is 3.27. The van der Waals surface area contributed by atoms with Crippen LogP contribution in [0.1, 0.15) is 11.3 Å². The van der Waals surface area contributed by atoms with Gasteiger partial charge in [0.05, 0.1) is 18.6 Å². The van der Waals surface area contributed by atoms with Crippen molar-refractivity contribution >= 4 is 0 Å². The fourth-order valence-electron chi connectivity index (χ4n) is 1.99. The van der Waals surface area contributed by atoms with E-state index in [4.69, 9.17) is 4.74 Å². The SMILES string of the molecule is Cc1c(F)ccc(-n2cc(COc3ncc(OC(F)F)cn3)nn2)c1F. The van der Waals surface area contributed by atoms with Crippen molar-refractivity contribution in [1.82, 2.24) is 25.0 Å². The molecule has 136 valence electrons. The van der Waals surface area contributed by atoms with Gasteiger partial charge in [-0.3, -0.25) is 0 Å². The van der Waals surface area contributed by atoms with Crippen LogP contribution in [0.25, 0.3) is 5.69 Å². The largest absolute Gasteiger partial charge is 0.457 e. The summed E-state index contributed by atoms with van der Waals surface area (Å²) in [5.41, 5.74) is 0.227. The van der Waals surface area contributed by atoms with E-state index in [-0.39, 0.29) is 29.6 Å². The van der Waals surface area contributed by atoms with Crippen LogP contribution >= 0.6 is 0 Å². The highest BCUT2D eigenvalue weighted by atomic mass is 19.3. The van der Waals surface area contributed by atoms with E-state index >= 15 is 0 Å². The summed E-state index contributed by atoms with van der Waals surface area (Å²) in [6, 6.07) is 2.27. The smallest absolute Gasteiger partial charge is 0.387 e. The number of ether oxygens (including phenoxy) is 2. The molecule has 26 heavy (non-hydrogen) atoms. The molecule has 0 saturated carbocycles. The van der Waals surface area contributed by atoms with Crippen molar-refractivity contribution in [2.75, 3.05) is 0 Å². The van der Waals surface area contributed by atoms with Gasteiger partial charge in [0.15, 0.2) is 11.6 Å². The van der Waals surface area contributed by atoms with Crippen LogP contribution in [0, 0.1) is 18.6 Å². The Morgan fingerprint density at radius 3 is 2.58 bits per heavy atom. The maximum atomic E-state index is 14.1. The molecule has 0 amide bonds. The lowest BCUT2D eigenvalue weighted by Crippen LogP contribution is -2.04. The number of hydrogen-bond acceptors (Lipinski definition) is 6. The predicted octanol–water partition coefficient (Wildman–Crippen LogP) is 2.82. The van der Waals surface area contributed by atoms with Gasteiger partial charge in [-0.1, -0.05) is 5.21 Å². The third-order valence-corrected chi connectivity index (χ3v) is 3.27. The summed E-state index contributed by atoms with van der Waals surface area (Å²) in [7, 11) is 0. The van der Waals surface area contributed by atoms with E-state index in [1.807, 2.05) is 0 Å². The maximum Gasteiger partial charge on any atom is 0.387 e. The number of nitrogens with zero attached hydrogens (tertiary/aromatic N) is 5. The minimum absolute atomic E-state index is 0.0346. The van der Waals surface area contributed by atoms with Crippen molar-refractivity contribution in [2.24, 2.45) is 0 Å². The first kappa shape index (κ1) is 17.6. The van der Waals surface area contributed by atoms with E-state index in [9.17, 15) is 17.6 Å². The third kappa shape index (κ3) is 3.87. The van der Waals surface area contributed by atoms with Gasteiger partial charge in [0.2, 0.25) is 0 Å². The van der Waals surface area contributed by atoms with Crippen LogP contribution in [-0.4, -0.2) is 31.6 Å². The van der Waals surface area contributed by atoms with E-state index in [1.165, 1.54) is 19.2 Å². The highest BCUT2D eigenvalue weighted by Gasteiger charge is 2.13. The topological polar surface area (TPSA) is 75.0 Å². The van der Waals surface area contributed by atoms with Gasteiger partial charge in [0.1, 0.15) is 23.8 Å². The zero-order chi connectivity index (χ0) is 18.7. The number of alkyl halides is 2. The molecule has 0 atom stereocenters. The fourth-order valence-corrected chi connectivity index (χ4v) is 1.99. The van der Waals surface area contributed by atoms with Crippen LogP contribution in [0.2, 0.25) is 0 Å². The Bertz CT molecular complexity index is 902. The lowest BCUT2D eigenvalue weighted by Gasteiger charge is -2.05. The zero-order valence-corrected chi connectivity index (χ0v) is 13.2. The Morgan fingerprint density at radius 2 is 1.88 bits per heavy atom. The van der Waals surface area contributed by atoms with Crippen LogP contribution < -0.4 is 9.47 Å². The molecule has 0 radical (unpaired) electrons. The standard InChI is InChI=1S/C15H11F4N5O2/c1-8-11(16)2-3-12(13(8)17)24-6-9(22-23-24)7-25-15-20-4-10(5-21-15)26-14(18)19/h2-6,14H,7H2,1H3. The van der Waals surface area contributed by atoms with E-state index in [0.29, 0.717) is 5.69 Å². The van der Waals surface area contributed by atoms with Gasteiger partial charge in [-0.25, -0.2) is 13.5 Å². The molecule has 0 fully saturated rings. The van der Waals surface area contributed by atoms with Crippen molar-refractivity contribution in [2.45, 2.75) is 20.1 Å². The lowest BCUT2D eigenvalue weighted by atomic mass is 10.2. The van der Waals surface area contributed by atoms with Gasteiger partial charge in [-0.2, -0.15) is 18.7 Å². The van der Waals surface area contributed by atoms with E-state index in [2.05, 4.69) is 25.0 Å². The van der Waals surface area contributed by atoms with Crippen LogP contribution in [-0.2, 0) is 6.61 Å². The van der Waals surface area contributed by atoms with E-state index < -0.39 is 18.2 Å². The van der Waals surface area contributed by atoms with Gasteiger partial charge >= 0.3 is 12.6 Å². The lowest BCUT2D eigenvalue weighted by molar-refractivity contribution is -0.0504. The zero-order valence-electron chi connectivity index (χ0n) is 13.2. The van der Waals surface area contributed by atoms with Crippen LogP contribution in [0.3, 0.4) is 0 Å². The molecule has 0 unspecified atom stereocenters. The first-order chi connectivity index (χ1) is 12.4. The Kier molecular flexibility index (Phi) is 4.96. The van der Waals surface area contributed by atoms with Gasteiger partial charge < -0.3 is 9.47 Å². The molecule has 0 aliphatic rings. The molecular weight excluding hydrogens is 358 g/mol. The summed E-state index contributed by atoms with van der Waals surface area (Å²) in [6.45, 7) is -1.76. The molecule has 3 rings (SSSR count). The number of aromatic nitrogens is 5. The molecule has 0 aliphatic heterocycles. The number of benzene rings is 1. The second kappa shape index (κ2) is 7.33. The van der Waals surface area contributed by atoms with Gasteiger partial charge in [-0.15, -0.1) is 5.10 Å². The summed E-state index contributed by atoms with van der Waals surface area (Å²) in [4.78, 5) is 7.40. The molecule has 1 aromatic carbocycles. The molecule has 2 aromatic heterocycles. The first-order valence-corrected chi connectivity index (χ1v) is 7.20. The van der Waals surface area contributed by atoms with E-state index in [0.717, 1.165) is 23.1 Å². The molecule has 7 nitrogen and oxygen atoms in total. The summed E-state index contributed by atoms with van der Waals surface area (Å²) < 4.78 is 62.0. The highest BCUT2D eigenvalue weighted by molar-refractivity contribution is 5.37. The van der Waals surface area contributed by atoms with Crippen molar-refractivity contribution in [1.29, 1.82) is 0 Å². The van der Waals surface area contributed by atoms with Gasteiger partial charge in [-0.05, 0) is 19.1 Å². The maximum absolute atomic E-state index is 14.1. The van der Waals surface area contributed by atoms with Crippen LogP contribution in [0.5, 0.6) is 11.8 Å². The van der Waals surface area contributed by atoms with Crippen molar-refractivity contribution in [3.63, 3.8) is 0 Å². The molecular formula is C15H11F4N5O2. The fraction of sp³-hybridized carbons (Fsp3) is 0.200. The van der Waals surface area contributed by atoms with Crippen LogP contribution in [0.4, 0.5) is 17.6 Å². The quantitative estimate of drug-likeness (QED) is 0.622. The number of halogens is 4. The Labute approximate surface area is 144 Å². The summed E-state index contributed by atoms with van der Waals surface area (Å²) in [6.07, 6.45) is 3.45. The molecule has 0 spiro atoms. The first-order valence-electron chi connectivity index (χ1n) is 7.20. The second-order valence-electron chi connectivity index (χ2n) is 5.03. The summed E-state index contributed by atoms with van der Waals surface area (Å²) >= 11 is 0. The van der Waals surface area contributed by atoms with E-state index in [1.54, 1.807) is 0 Å². The Morgan fingerprint density at radius 1 is 1.15 bits per heavy atom. The molecule has 0 aliphatic carbocycles. The van der Waals surface area contributed by atoms with Crippen molar-refractivity contribution in [3.05, 3.63) is 53.6 Å². The van der Waals surface area contributed by atoms with Gasteiger partial charge in [0.25, 0.3) is 0 Å². The molecule has 0 bridgehead atoms. The van der Waals surface area contributed by atoms with Crippen molar-refractivity contribution in [3.8, 4) is 17.4 Å². The van der Waals surface area contributed by atoms with Crippen molar-refractivity contribution < 1.29 is 27.0 Å². The molecule has 0 saturated heterocycles. The number of hydrogen-bond donors (Lipinski definition) is 0. The van der Waals surface area contributed by atoms with Crippen LogP contribution in [0.15, 0.2) is 30.7 Å². The predicted molar refractivity (Wildman–Crippen MR) is 79.0 cm³/mol. The summed E-state index contributed by atoms with van der Waals surface area (Å²) in [5.74, 6) is -1.62. The Hall–Kier alpha value is -3.24. The van der Waals surface area contributed by atoms with Gasteiger partial charge in [0, 0.05) is 5.56 Å². The summed E-state index contributed by atoms with van der Waals surface area (Å²) in [5, 5.41) is 7.56. The second-order valence-corrected chi connectivity index (χ2v) is 5.03. The monoisotopic (exact) mass is 369 g/mol. The minimum Gasteiger partial charge on any atom is -0.457 e. The Balaban J connectivity index is 1.67. The minimum atomic E-state index is -2.98.